The lowest BCUT2D eigenvalue weighted by atomic mass is 10.2. The number of alkyl carbamates (subject to hydrolysis) is 1. The van der Waals surface area contributed by atoms with E-state index < -0.39 is 21.7 Å². The standard InChI is InChI=1S/C24H26FN3O5S/c1-24(2,3)33-23(29)26-15-17(14-25)16-32-19-10-11-21-18(13-19)9-12-22(27-21)28-34(30,31)20-7-5-4-6-8-20/h4-14H,15-16H2,1-3H3,(H,26,29)(H,27,28)/b17-14+. The predicted octanol–water partition coefficient (Wildman–Crippen LogP) is 4.79. The highest BCUT2D eigenvalue weighted by atomic mass is 32.2. The van der Waals surface area contributed by atoms with Crippen molar-refractivity contribution in [3.8, 4) is 5.75 Å². The molecule has 2 aromatic carbocycles. The van der Waals surface area contributed by atoms with Gasteiger partial charge in [0.2, 0.25) is 0 Å². The molecule has 0 fully saturated rings. The molecule has 0 radical (unpaired) electrons. The number of fused-ring (bicyclic) bond motifs is 1. The molecule has 0 saturated carbocycles. The van der Waals surface area contributed by atoms with Gasteiger partial charge in [0.05, 0.1) is 16.7 Å². The zero-order chi connectivity index (χ0) is 24.8. The van der Waals surface area contributed by atoms with Gasteiger partial charge in [-0.25, -0.2) is 22.6 Å². The Morgan fingerprint density at radius 3 is 2.50 bits per heavy atom. The summed E-state index contributed by atoms with van der Waals surface area (Å²) in [4.78, 5) is 16.2. The minimum absolute atomic E-state index is 0.0640. The van der Waals surface area contributed by atoms with Crippen LogP contribution in [-0.2, 0) is 14.8 Å². The third-order valence-electron chi connectivity index (χ3n) is 4.39. The van der Waals surface area contributed by atoms with Crippen LogP contribution in [0.15, 0.2) is 77.5 Å². The van der Waals surface area contributed by atoms with Crippen LogP contribution in [0.3, 0.4) is 0 Å². The topological polar surface area (TPSA) is 107 Å². The Morgan fingerprint density at radius 2 is 1.82 bits per heavy atom. The molecule has 0 atom stereocenters. The fraction of sp³-hybridized carbons (Fsp3) is 0.250. The number of aromatic nitrogens is 1. The van der Waals surface area contributed by atoms with Gasteiger partial charge in [0.25, 0.3) is 10.0 Å². The summed E-state index contributed by atoms with van der Waals surface area (Å²) in [5, 5.41) is 3.18. The maximum Gasteiger partial charge on any atom is 0.407 e. The molecule has 180 valence electrons. The first kappa shape index (κ1) is 25.0. The Hall–Kier alpha value is -3.66. The first-order chi connectivity index (χ1) is 16.1. The van der Waals surface area contributed by atoms with Crippen molar-refractivity contribution in [1.29, 1.82) is 0 Å². The molecule has 3 aromatic rings. The molecule has 10 heteroatoms. The van der Waals surface area contributed by atoms with Crippen molar-refractivity contribution >= 4 is 32.8 Å². The molecule has 0 aliphatic carbocycles. The Balaban J connectivity index is 1.62. The Bertz CT molecular complexity index is 1290. The van der Waals surface area contributed by atoms with Crippen molar-refractivity contribution in [3.63, 3.8) is 0 Å². The van der Waals surface area contributed by atoms with Crippen LogP contribution < -0.4 is 14.8 Å². The molecule has 0 bridgehead atoms. The summed E-state index contributed by atoms with van der Waals surface area (Å²) in [7, 11) is -3.75. The molecular weight excluding hydrogens is 461 g/mol. The molecule has 34 heavy (non-hydrogen) atoms. The van der Waals surface area contributed by atoms with Gasteiger partial charge in [0, 0.05) is 17.5 Å². The summed E-state index contributed by atoms with van der Waals surface area (Å²) in [5.74, 6) is 0.643. The largest absolute Gasteiger partial charge is 0.489 e. The molecule has 3 rings (SSSR count). The monoisotopic (exact) mass is 487 g/mol. The number of nitrogens with zero attached hydrogens (tertiary/aromatic N) is 1. The van der Waals surface area contributed by atoms with Crippen molar-refractivity contribution in [2.75, 3.05) is 17.9 Å². The Kier molecular flexibility index (Phi) is 7.72. The van der Waals surface area contributed by atoms with Crippen molar-refractivity contribution in [1.82, 2.24) is 10.3 Å². The number of sulfonamides is 1. The van der Waals surface area contributed by atoms with E-state index in [2.05, 4.69) is 15.0 Å². The normalized spacial score (nSPS) is 12.3. The van der Waals surface area contributed by atoms with Gasteiger partial charge < -0.3 is 14.8 Å². The first-order valence-electron chi connectivity index (χ1n) is 10.4. The van der Waals surface area contributed by atoms with Gasteiger partial charge in [-0.15, -0.1) is 0 Å². The number of hydrogen-bond donors (Lipinski definition) is 2. The minimum Gasteiger partial charge on any atom is -0.489 e. The molecule has 1 amide bonds. The second-order valence-electron chi connectivity index (χ2n) is 8.38. The fourth-order valence-corrected chi connectivity index (χ4v) is 3.87. The molecule has 1 aromatic heterocycles. The lowest BCUT2D eigenvalue weighted by Crippen LogP contribution is -2.34. The molecule has 0 spiro atoms. The van der Waals surface area contributed by atoms with Crippen molar-refractivity contribution in [3.05, 3.63) is 72.6 Å². The van der Waals surface area contributed by atoms with E-state index in [1.807, 2.05) is 0 Å². The van der Waals surface area contributed by atoms with E-state index in [1.165, 1.54) is 12.1 Å². The summed E-state index contributed by atoms with van der Waals surface area (Å²) in [6, 6.07) is 16.3. The number of anilines is 1. The molecule has 0 aliphatic heterocycles. The summed E-state index contributed by atoms with van der Waals surface area (Å²) < 4.78 is 51.4. The van der Waals surface area contributed by atoms with Crippen LogP contribution in [-0.4, -0.2) is 38.2 Å². The highest BCUT2D eigenvalue weighted by Gasteiger charge is 2.16. The average molecular weight is 488 g/mol. The maximum atomic E-state index is 13.2. The Morgan fingerprint density at radius 1 is 1.09 bits per heavy atom. The predicted molar refractivity (Wildman–Crippen MR) is 128 cm³/mol. The second-order valence-corrected chi connectivity index (χ2v) is 10.1. The van der Waals surface area contributed by atoms with Gasteiger partial charge in [-0.1, -0.05) is 18.2 Å². The van der Waals surface area contributed by atoms with Crippen LogP contribution in [0.2, 0.25) is 0 Å². The molecule has 0 saturated heterocycles. The number of rotatable bonds is 8. The van der Waals surface area contributed by atoms with Gasteiger partial charge in [-0.05, 0) is 63.2 Å². The van der Waals surface area contributed by atoms with Crippen molar-refractivity contribution in [2.45, 2.75) is 31.3 Å². The Labute approximate surface area is 197 Å². The summed E-state index contributed by atoms with van der Waals surface area (Å²) in [5.41, 5.74) is 0.115. The van der Waals surface area contributed by atoms with Crippen molar-refractivity contribution < 1.29 is 27.1 Å². The van der Waals surface area contributed by atoms with Crippen LogP contribution in [0.1, 0.15) is 20.8 Å². The quantitative estimate of drug-likeness (QED) is 0.473. The fourth-order valence-electron chi connectivity index (χ4n) is 2.84. The third-order valence-corrected chi connectivity index (χ3v) is 5.76. The SMILES string of the molecule is CC(C)(C)OC(=O)NC/C(=C\F)COc1ccc2nc(NS(=O)(=O)c3ccccc3)ccc2c1. The zero-order valence-corrected chi connectivity index (χ0v) is 19.9. The number of ether oxygens (including phenoxy) is 2. The third kappa shape index (κ3) is 7.17. The van der Waals surface area contributed by atoms with E-state index in [0.29, 0.717) is 23.0 Å². The molecule has 1 heterocycles. The number of halogens is 1. The number of carbonyl (C=O) groups is 1. The number of benzene rings is 2. The lowest BCUT2D eigenvalue weighted by molar-refractivity contribution is 0.0531. The van der Waals surface area contributed by atoms with E-state index in [4.69, 9.17) is 9.47 Å². The average Bonchev–Trinajstić information content (AvgIpc) is 2.78. The number of pyridine rings is 1. The van der Waals surface area contributed by atoms with Gasteiger partial charge in [-0.3, -0.25) is 4.72 Å². The smallest absolute Gasteiger partial charge is 0.407 e. The van der Waals surface area contributed by atoms with E-state index in [9.17, 15) is 17.6 Å². The lowest BCUT2D eigenvalue weighted by Gasteiger charge is -2.20. The number of nitrogens with one attached hydrogen (secondary N) is 2. The van der Waals surface area contributed by atoms with E-state index >= 15 is 0 Å². The van der Waals surface area contributed by atoms with E-state index in [0.717, 1.165) is 0 Å². The van der Waals surface area contributed by atoms with Crippen LogP contribution in [0.25, 0.3) is 10.9 Å². The van der Waals surface area contributed by atoms with Gasteiger partial charge in [0.15, 0.2) is 0 Å². The molecule has 0 aliphatic rings. The molecule has 8 nitrogen and oxygen atoms in total. The van der Waals surface area contributed by atoms with E-state index in [1.54, 1.807) is 69.3 Å². The van der Waals surface area contributed by atoms with Gasteiger partial charge in [-0.2, -0.15) is 0 Å². The second kappa shape index (κ2) is 10.5. The van der Waals surface area contributed by atoms with Crippen LogP contribution in [0.5, 0.6) is 5.75 Å². The van der Waals surface area contributed by atoms with Crippen molar-refractivity contribution in [2.24, 2.45) is 0 Å². The highest BCUT2D eigenvalue weighted by molar-refractivity contribution is 7.92. The van der Waals surface area contributed by atoms with Crippen LogP contribution in [0, 0.1) is 0 Å². The molecule has 2 N–H and O–H groups in total. The van der Waals surface area contributed by atoms with Gasteiger partial charge >= 0.3 is 6.09 Å². The molecular formula is C24H26FN3O5S. The summed E-state index contributed by atoms with van der Waals surface area (Å²) in [6.45, 7) is 5.05. The summed E-state index contributed by atoms with van der Waals surface area (Å²) in [6.07, 6.45) is -0.271. The zero-order valence-electron chi connectivity index (χ0n) is 19.0. The minimum atomic E-state index is -3.75. The maximum absolute atomic E-state index is 13.2. The van der Waals surface area contributed by atoms with Crippen LogP contribution in [0.4, 0.5) is 15.0 Å². The van der Waals surface area contributed by atoms with Crippen LogP contribution >= 0.6 is 0 Å². The molecule has 0 unspecified atom stereocenters. The van der Waals surface area contributed by atoms with E-state index in [-0.39, 0.29) is 29.4 Å². The highest BCUT2D eigenvalue weighted by Crippen LogP contribution is 2.23. The van der Waals surface area contributed by atoms with Gasteiger partial charge in [0.1, 0.15) is 23.8 Å². The number of hydrogen-bond acceptors (Lipinski definition) is 6. The summed E-state index contributed by atoms with van der Waals surface area (Å²) >= 11 is 0. The number of amides is 1. The number of carbonyl (C=O) groups excluding carboxylic acids is 1. The first-order valence-corrected chi connectivity index (χ1v) is 11.9.